The van der Waals surface area contributed by atoms with E-state index < -0.39 is 12.0 Å². The summed E-state index contributed by atoms with van der Waals surface area (Å²) in [5.41, 5.74) is 2.49. The van der Waals surface area contributed by atoms with Gasteiger partial charge in [0.05, 0.1) is 11.8 Å². The third kappa shape index (κ3) is 3.40. The van der Waals surface area contributed by atoms with Crippen molar-refractivity contribution < 1.29 is 23.9 Å². The zero-order valence-corrected chi connectivity index (χ0v) is 17.3. The van der Waals surface area contributed by atoms with Crippen LogP contribution in [0.5, 0.6) is 0 Å². The fourth-order valence-electron chi connectivity index (χ4n) is 4.96. The number of aromatic nitrogens is 1. The van der Waals surface area contributed by atoms with Crippen molar-refractivity contribution in [2.24, 2.45) is 11.8 Å². The molecule has 1 saturated heterocycles. The average molecular weight is 400 g/mol. The molecule has 0 radical (unpaired) electrons. The number of amides is 2. The van der Waals surface area contributed by atoms with Gasteiger partial charge in [0.2, 0.25) is 17.6 Å². The predicted octanol–water partition coefficient (Wildman–Crippen LogP) is 2.73. The van der Waals surface area contributed by atoms with Crippen LogP contribution in [0.15, 0.2) is 6.07 Å². The molecule has 2 saturated carbocycles. The van der Waals surface area contributed by atoms with E-state index in [1.807, 2.05) is 19.9 Å². The number of Topliss-reactive ketones (excluding diaryl/α,β-unsaturated/α-hetero) is 1. The van der Waals surface area contributed by atoms with Gasteiger partial charge in [-0.1, -0.05) is 12.8 Å². The van der Waals surface area contributed by atoms with Crippen molar-refractivity contribution >= 4 is 23.6 Å². The third-order valence-electron chi connectivity index (χ3n) is 6.65. The van der Waals surface area contributed by atoms with Gasteiger partial charge in [-0.05, 0) is 52.5 Å². The Bertz CT molecular complexity index is 858. The minimum atomic E-state index is -1.01. The van der Waals surface area contributed by atoms with Crippen molar-refractivity contribution in [3.05, 3.63) is 23.0 Å². The van der Waals surface area contributed by atoms with Crippen molar-refractivity contribution in [3.8, 4) is 0 Å². The molecule has 156 valence electrons. The van der Waals surface area contributed by atoms with Crippen molar-refractivity contribution in [1.29, 1.82) is 0 Å². The van der Waals surface area contributed by atoms with E-state index in [0.29, 0.717) is 24.4 Å². The Kier molecular flexibility index (Phi) is 5.09. The quantitative estimate of drug-likeness (QED) is 0.416. The van der Waals surface area contributed by atoms with E-state index in [0.717, 1.165) is 42.0 Å². The number of fused-ring (bicyclic) bond motifs is 1. The standard InChI is InChI=1S/C22H28N2O5/c1-12-10-18(13(2)23(12)15-8-9-15)19(25)11-29-22(28)14(3)24-20(26)16-6-4-5-7-17(16)21(24)27/h10,14-17H,4-9,11H2,1-3H3/t14-,16-,17-/m0/s1. The van der Waals surface area contributed by atoms with Crippen LogP contribution in [-0.2, 0) is 19.1 Å². The number of carbonyl (C=O) groups excluding carboxylic acids is 4. The molecular weight excluding hydrogens is 372 g/mol. The first-order chi connectivity index (χ1) is 13.8. The van der Waals surface area contributed by atoms with Crippen LogP contribution in [-0.4, -0.2) is 45.7 Å². The number of aryl methyl sites for hydroxylation is 1. The first kappa shape index (κ1) is 19.9. The predicted molar refractivity (Wildman–Crippen MR) is 104 cm³/mol. The summed E-state index contributed by atoms with van der Waals surface area (Å²) in [6.07, 6.45) is 5.50. The first-order valence-electron chi connectivity index (χ1n) is 10.6. The van der Waals surface area contributed by atoms with Gasteiger partial charge in [0.25, 0.3) is 0 Å². The van der Waals surface area contributed by atoms with Gasteiger partial charge in [0, 0.05) is 23.0 Å². The summed E-state index contributed by atoms with van der Waals surface area (Å²) in [5, 5.41) is 0. The number of likely N-dealkylation sites (tertiary alicyclic amines) is 1. The SMILES string of the molecule is Cc1cc(C(=O)COC(=O)[C@H](C)N2C(=O)[C@H]3CCCC[C@@H]3C2=O)c(C)n1C1CC1. The Morgan fingerprint density at radius 2 is 1.66 bits per heavy atom. The molecule has 3 aliphatic rings. The number of ether oxygens (including phenoxy) is 1. The largest absolute Gasteiger partial charge is 0.456 e. The zero-order chi connectivity index (χ0) is 20.9. The Hall–Kier alpha value is -2.44. The maximum atomic E-state index is 12.6. The molecule has 3 atom stereocenters. The van der Waals surface area contributed by atoms with E-state index in [1.165, 1.54) is 6.92 Å². The Labute approximate surface area is 170 Å². The van der Waals surface area contributed by atoms with Gasteiger partial charge in [0.15, 0.2) is 6.61 Å². The molecule has 0 bridgehead atoms. The summed E-state index contributed by atoms with van der Waals surface area (Å²) < 4.78 is 7.39. The van der Waals surface area contributed by atoms with Gasteiger partial charge in [-0.15, -0.1) is 0 Å². The van der Waals surface area contributed by atoms with Crippen molar-refractivity contribution in [1.82, 2.24) is 9.47 Å². The maximum absolute atomic E-state index is 12.6. The highest BCUT2D eigenvalue weighted by Gasteiger charge is 2.51. The molecule has 0 N–H and O–H groups in total. The number of ketones is 1. The normalized spacial score (nSPS) is 25.1. The summed E-state index contributed by atoms with van der Waals surface area (Å²) in [7, 11) is 0. The second-order valence-corrected chi connectivity index (χ2v) is 8.64. The summed E-state index contributed by atoms with van der Waals surface area (Å²) in [5.74, 6) is -2.14. The summed E-state index contributed by atoms with van der Waals surface area (Å²) >= 11 is 0. The Morgan fingerprint density at radius 1 is 1.07 bits per heavy atom. The number of hydrogen-bond acceptors (Lipinski definition) is 5. The first-order valence-corrected chi connectivity index (χ1v) is 10.6. The smallest absolute Gasteiger partial charge is 0.329 e. The maximum Gasteiger partial charge on any atom is 0.329 e. The van der Waals surface area contributed by atoms with Crippen LogP contribution in [0.3, 0.4) is 0 Å². The fourth-order valence-corrected chi connectivity index (χ4v) is 4.96. The number of imide groups is 1. The Morgan fingerprint density at radius 3 is 2.21 bits per heavy atom. The number of rotatable bonds is 6. The lowest BCUT2D eigenvalue weighted by molar-refractivity contribution is -0.157. The molecule has 1 aromatic heterocycles. The molecule has 2 amide bonds. The molecule has 3 fully saturated rings. The van der Waals surface area contributed by atoms with Crippen molar-refractivity contribution in [2.75, 3.05) is 6.61 Å². The van der Waals surface area contributed by atoms with Crippen LogP contribution < -0.4 is 0 Å². The van der Waals surface area contributed by atoms with E-state index in [2.05, 4.69) is 4.57 Å². The van der Waals surface area contributed by atoms with Crippen LogP contribution >= 0.6 is 0 Å². The second kappa shape index (κ2) is 7.43. The lowest BCUT2D eigenvalue weighted by Gasteiger charge is -2.21. The van der Waals surface area contributed by atoms with Crippen LogP contribution in [0.2, 0.25) is 0 Å². The Balaban J connectivity index is 1.39. The minimum absolute atomic E-state index is 0.265. The topological polar surface area (TPSA) is 85.7 Å². The zero-order valence-electron chi connectivity index (χ0n) is 17.3. The molecule has 0 aromatic carbocycles. The van der Waals surface area contributed by atoms with E-state index in [-0.39, 0.29) is 36.0 Å². The van der Waals surface area contributed by atoms with Gasteiger partial charge in [0.1, 0.15) is 6.04 Å². The minimum Gasteiger partial charge on any atom is -0.456 e. The van der Waals surface area contributed by atoms with Gasteiger partial charge in [-0.3, -0.25) is 19.3 Å². The van der Waals surface area contributed by atoms with Crippen molar-refractivity contribution in [3.63, 3.8) is 0 Å². The molecule has 4 rings (SSSR count). The van der Waals surface area contributed by atoms with E-state index >= 15 is 0 Å². The van der Waals surface area contributed by atoms with Crippen LogP contribution in [0.25, 0.3) is 0 Å². The molecule has 7 heteroatoms. The second-order valence-electron chi connectivity index (χ2n) is 8.64. The molecule has 7 nitrogen and oxygen atoms in total. The van der Waals surface area contributed by atoms with Crippen molar-refractivity contribution in [2.45, 2.75) is 71.4 Å². The molecule has 0 unspecified atom stereocenters. The highest BCUT2D eigenvalue weighted by Crippen LogP contribution is 2.39. The average Bonchev–Trinajstić information content (AvgIpc) is 3.45. The van der Waals surface area contributed by atoms with Crippen LogP contribution in [0.4, 0.5) is 0 Å². The fraction of sp³-hybridized carbons (Fsp3) is 0.636. The molecule has 1 aliphatic heterocycles. The molecule has 1 aromatic rings. The number of esters is 1. The van der Waals surface area contributed by atoms with E-state index in [4.69, 9.17) is 4.74 Å². The lowest BCUT2D eigenvalue weighted by atomic mass is 9.81. The molecular formula is C22H28N2O5. The molecule has 2 aliphatic carbocycles. The summed E-state index contributed by atoms with van der Waals surface area (Å²) in [6, 6.07) is 1.30. The highest BCUT2D eigenvalue weighted by atomic mass is 16.5. The lowest BCUT2D eigenvalue weighted by Crippen LogP contribution is -2.44. The summed E-state index contributed by atoms with van der Waals surface area (Å²) in [4.78, 5) is 51.5. The van der Waals surface area contributed by atoms with E-state index in [1.54, 1.807) is 0 Å². The monoisotopic (exact) mass is 400 g/mol. The van der Waals surface area contributed by atoms with Crippen LogP contribution in [0.1, 0.15) is 73.2 Å². The highest BCUT2D eigenvalue weighted by molar-refractivity contribution is 6.08. The van der Waals surface area contributed by atoms with Gasteiger partial charge < -0.3 is 9.30 Å². The third-order valence-corrected chi connectivity index (χ3v) is 6.65. The number of nitrogens with zero attached hydrogens (tertiary/aromatic N) is 2. The molecule has 0 spiro atoms. The number of hydrogen-bond donors (Lipinski definition) is 0. The summed E-state index contributed by atoms with van der Waals surface area (Å²) in [6.45, 7) is 4.99. The number of carbonyl (C=O) groups is 4. The molecule has 29 heavy (non-hydrogen) atoms. The van der Waals surface area contributed by atoms with Crippen LogP contribution in [0, 0.1) is 25.7 Å². The van der Waals surface area contributed by atoms with Gasteiger partial charge in [-0.2, -0.15) is 0 Å². The van der Waals surface area contributed by atoms with Gasteiger partial charge in [-0.25, -0.2) is 4.79 Å². The molecule has 2 heterocycles. The van der Waals surface area contributed by atoms with E-state index in [9.17, 15) is 19.2 Å². The van der Waals surface area contributed by atoms with Gasteiger partial charge >= 0.3 is 5.97 Å².